The van der Waals surface area contributed by atoms with Gasteiger partial charge in [0, 0.05) is 35.8 Å². The smallest absolute Gasteiger partial charge is 0.265 e. The lowest BCUT2D eigenvalue weighted by molar-refractivity contribution is -0.128. The van der Waals surface area contributed by atoms with Crippen LogP contribution in [0.1, 0.15) is 23.6 Å². The first kappa shape index (κ1) is 19.1. The van der Waals surface area contributed by atoms with Gasteiger partial charge < -0.3 is 4.57 Å². The van der Waals surface area contributed by atoms with Crippen LogP contribution >= 0.6 is 12.2 Å². The first-order chi connectivity index (χ1) is 14.0. The lowest BCUT2D eigenvalue weighted by Crippen LogP contribution is -2.53. The number of hydrogen-bond donors (Lipinski definition) is 1. The molecule has 146 valence electrons. The number of aromatic nitrogens is 1. The third-order valence-corrected chi connectivity index (χ3v) is 5.38. The van der Waals surface area contributed by atoms with Gasteiger partial charge in [0.15, 0.2) is 5.11 Å². The van der Waals surface area contributed by atoms with Crippen molar-refractivity contribution in [3.63, 3.8) is 0 Å². The second-order valence-corrected chi connectivity index (χ2v) is 7.47. The Labute approximate surface area is 174 Å². The van der Waals surface area contributed by atoms with Gasteiger partial charge in [-0.25, -0.2) is 0 Å². The molecule has 3 aromatic rings. The Morgan fingerprint density at radius 1 is 1.10 bits per heavy atom. The molecule has 0 spiro atoms. The Hall–Kier alpha value is -3.25. The quantitative estimate of drug-likeness (QED) is 0.411. The minimum Gasteiger partial charge on any atom is -0.342 e. The fourth-order valence-electron chi connectivity index (χ4n) is 3.66. The maximum atomic E-state index is 12.8. The van der Waals surface area contributed by atoms with Crippen LogP contribution in [0.3, 0.4) is 0 Å². The topological polar surface area (TPSA) is 54.3 Å². The highest BCUT2D eigenvalue weighted by molar-refractivity contribution is 7.80. The van der Waals surface area contributed by atoms with Gasteiger partial charge in [-0.05, 0) is 43.8 Å². The molecule has 1 saturated heterocycles. The van der Waals surface area contributed by atoms with Gasteiger partial charge in [0.05, 0.1) is 0 Å². The lowest BCUT2D eigenvalue weighted by atomic mass is 10.1. The summed E-state index contributed by atoms with van der Waals surface area (Å²) in [5, 5.41) is 3.75. The second kappa shape index (κ2) is 7.64. The van der Waals surface area contributed by atoms with Gasteiger partial charge in [-0.2, -0.15) is 0 Å². The number of fused-ring (bicyclic) bond motifs is 1. The molecular weight excluding hydrogens is 382 g/mol. The number of carbonyl (C=O) groups is 2. The maximum absolute atomic E-state index is 12.8. The number of aryl methyl sites for hydroxylation is 1. The molecule has 1 aliphatic heterocycles. The number of thiocarbonyl (C=S) groups is 1. The van der Waals surface area contributed by atoms with E-state index in [9.17, 15) is 9.59 Å². The standard InChI is InChI=1S/C23H21N3O2S/c1-3-26-22(28)19(21(27)24-23(26)29)12-17-14-25(20-10-5-4-9-18(17)20)13-16-8-6-7-15(2)11-16/h4-12,14H,3,13H2,1-2H3,(H,24,27,29)/b19-12+. The molecule has 2 amide bonds. The van der Waals surface area contributed by atoms with Crippen LogP contribution in [0, 0.1) is 6.92 Å². The van der Waals surface area contributed by atoms with E-state index in [1.54, 1.807) is 6.08 Å². The summed E-state index contributed by atoms with van der Waals surface area (Å²) in [5.74, 6) is -0.822. The molecule has 0 bridgehead atoms. The van der Waals surface area contributed by atoms with E-state index < -0.39 is 5.91 Å². The highest BCUT2D eigenvalue weighted by Crippen LogP contribution is 2.26. The summed E-state index contributed by atoms with van der Waals surface area (Å²) in [6, 6.07) is 16.4. The van der Waals surface area contributed by atoms with Crippen LogP contribution in [0.2, 0.25) is 0 Å². The van der Waals surface area contributed by atoms with E-state index >= 15 is 0 Å². The van der Waals surface area contributed by atoms with E-state index in [-0.39, 0.29) is 16.6 Å². The van der Waals surface area contributed by atoms with Crippen molar-refractivity contribution in [2.45, 2.75) is 20.4 Å². The van der Waals surface area contributed by atoms with Crippen molar-refractivity contribution in [1.29, 1.82) is 0 Å². The minimum absolute atomic E-state index is 0.0962. The van der Waals surface area contributed by atoms with Crippen molar-refractivity contribution in [3.05, 3.63) is 77.0 Å². The summed E-state index contributed by atoms with van der Waals surface area (Å²) in [4.78, 5) is 26.6. The largest absolute Gasteiger partial charge is 0.342 e. The van der Waals surface area contributed by atoms with Crippen molar-refractivity contribution < 1.29 is 9.59 Å². The molecule has 1 aliphatic rings. The summed E-state index contributed by atoms with van der Waals surface area (Å²) in [6.45, 7) is 5.01. The van der Waals surface area contributed by atoms with E-state index in [1.807, 2.05) is 43.5 Å². The van der Waals surface area contributed by atoms with Crippen LogP contribution in [-0.4, -0.2) is 32.9 Å². The van der Waals surface area contributed by atoms with Crippen molar-refractivity contribution in [2.24, 2.45) is 0 Å². The zero-order valence-electron chi connectivity index (χ0n) is 16.3. The summed E-state index contributed by atoms with van der Waals surface area (Å²) in [5.41, 5.74) is 4.38. The van der Waals surface area contributed by atoms with Crippen molar-refractivity contribution in [1.82, 2.24) is 14.8 Å². The molecule has 5 nitrogen and oxygen atoms in total. The Kier molecular flexibility index (Phi) is 5.03. The van der Waals surface area contributed by atoms with Gasteiger partial charge in [-0.15, -0.1) is 0 Å². The number of nitrogens with one attached hydrogen (secondary N) is 1. The average Bonchev–Trinajstić information content (AvgIpc) is 3.03. The van der Waals surface area contributed by atoms with E-state index in [0.29, 0.717) is 13.1 Å². The number of para-hydroxylation sites is 1. The van der Waals surface area contributed by atoms with E-state index in [1.165, 1.54) is 16.0 Å². The first-order valence-corrected chi connectivity index (χ1v) is 9.91. The molecule has 6 heteroatoms. The molecule has 4 rings (SSSR count). The zero-order chi connectivity index (χ0) is 20.5. The van der Waals surface area contributed by atoms with Gasteiger partial charge in [-0.1, -0.05) is 48.0 Å². The van der Waals surface area contributed by atoms with Crippen LogP contribution in [0.4, 0.5) is 0 Å². The van der Waals surface area contributed by atoms with Crippen molar-refractivity contribution in [3.8, 4) is 0 Å². The minimum atomic E-state index is -0.458. The van der Waals surface area contributed by atoms with E-state index in [2.05, 4.69) is 35.0 Å². The van der Waals surface area contributed by atoms with Crippen molar-refractivity contribution >= 4 is 46.1 Å². The predicted octanol–water partition coefficient (Wildman–Crippen LogP) is 3.64. The predicted molar refractivity (Wildman–Crippen MR) is 118 cm³/mol. The number of benzene rings is 2. The fourth-order valence-corrected chi connectivity index (χ4v) is 3.97. The van der Waals surface area contributed by atoms with Crippen molar-refractivity contribution in [2.75, 3.05) is 6.54 Å². The summed E-state index contributed by atoms with van der Waals surface area (Å²) in [7, 11) is 0. The number of nitrogens with zero attached hydrogens (tertiary/aromatic N) is 2. The monoisotopic (exact) mass is 403 g/mol. The maximum Gasteiger partial charge on any atom is 0.265 e. The van der Waals surface area contributed by atoms with Gasteiger partial charge in [0.2, 0.25) is 0 Å². The Morgan fingerprint density at radius 2 is 1.90 bits per heavy atom. The van der Waals surface area contributed by atoms with Gasteiger partial charge in [0.25, 0.3) is 11.8 Å². The molecule has 1 N–H and O–H groups in total. The number of carbonyl (C=O) groups excluding carboxylic acids is 2. The molecule has 0 saturated carbocycles. The number of amides is 2. The molecule has 0 atom stereocenters. The summed E-state index contributed by atoms with van der Waals surface area (Å²) < 4.78 is 2.14. The fraction of sp³-hybridized carbons (Fsp3) is 0.174. The molecule has 0 aliphatic carbocycles. The number of hydrogen-bond acceptors (Lipinski definition) is 3. The van der Waals surface area contributed by atoms with Gasteiger partial charge in [0.1, 0.15) is 5.57 Å². The third kappa shape index (κ3) is 3.59. The Balaban J connectivity index is 1.78. The molecule has 2 aromatic carbocycles. The number of rotatable bonds is 4. The molecule has 29 heavy (non-hydrogen) atoms. The van der Waals surface area contributed by atoms with E-state index in [4.69, 9.17) is 12.2 Å². The SMILES string of the molecule is CCN1C(=O)/C(=C/c2cn(Cc3cccc(C)c3)c3ccccc23)C(=O)NC1=S. The second-order valence-electron chi connectivity index (χ2n) is 7.09. The average molecular weight is 404 g/mol. The van der Waals surface area contributed by atoms with Crippen LogP contribution in [0.5, 0.6) is 0 Å². The molecule has 0 radical (unpaired) electrons. The highest BCUT2D eigenvalue weighted by Gasteiger charge is 2.32. The highest BCUT2D eigenvalue weighted by atomic mass is 32.1. The molecule has 1 aromatic heterocycles. The normalized spacial score (nSPS) is 16.0. The van der Waals surface area contributed by atoms with E-state index in [0.717, 1.165) is 16.5 Å². The van der Waals surface area contributed by atoms with Crippen LogP contribution in [0.15, 0.2) is 60.3 Å². The van der Waals surface area contributed by atoms with Gasteiger partial charge in [-0.3, -0.25) is 19.8 Å². The lowest BCUT2D eigenvalue weighted by Gasteiger charge is -2.27. The number of likely N-dealkylation sites (N-methyl/N-ethyl adjacent to an activating group) is 1. The molecule has 0 unspecified atom stereocenters. The van der Waals surface area contributed by atoms with Crippen LogP contribution in [-0.2, 0) is 16.1 Å². The zero-order valence-corrected chi connectivity index (χ0v) is 17.1. The van der Waals surface area contributed by atoms with Gasteiger partial charge >= 0.3 is 0 Å². The molecule has 1 fully saturated rings. The first-order valence-electron chi connectivity index (χ1n) is 9.50. The molecular formula is C23H21N3O2S. The summed E-state index contributed by atoms with van der Waals surface area (Å²) in [6.07, 6.45) is 3.65. The summed E-state index contributed by atoms with van der Waals surface area (Å²) >= 11 is 5.10. The Morgan fingerprint density at radius 3 is 2.66 bits per heavy atom. The van der Waals surface area contributed by atoms with Crippen LogP contribution in [0.25, 0.3) is 17.0 Å². The Bertz CT molecular complexity index is 1180. The van der Waals surface area contributed by atoms with Crippen LogP contribution < -0.4 is 5.32 Å². The third-order valence-electron chi connectivity index (χ3n) is 5.06. The molecule has 2 heterocycles.